The molecule has 2 heterocycles. The number of thioether (sulfide) groups is 1. The average molecular weight is 414 g/mol. The first-order valence-electron chi connectivity index (χ1n) is 9.61. The Hall–Kier alpha value is -2.65. The summed E-state index contributed by atoms with van der Waals surface area (Å²) in [4.78, 5) is 38.9. The van der Waals surface area contributed by atoms with Crippen molar-refractivity contribution in [2.24, 2.45) is 10.8 Å². The molecule has 9 heteroatoms. The molecule has 3 aliphatic rings. The first kappa shape index (κ1) is 19.7. The van der Waals surface area contributed by atoms with Gasteiger partial charge in [-0.2, -0.15) is 5.10 Å². The van der Waals surface area contributed by atoms with Gasteiger partial charge in [-0.15, -0.1) is 11.8 Å². The standard InChI is InChI=1S/C20H23N5O3S/c21-20(28)24-23-10-15-6-3-7-25(15)19(27)16-18(29-11-22-16)17(26)14-8-12-4-1-2-5-13(12)9-14/h1-2,4-5,8,10,15-16,18,22H,3,6-7,9,11H2,(H3,21,24,28)/t15-,16-,18?/m0/s1. The molecule has 0 saturated carbocycles. The van der Waals surface area contributed by atoms with Gasteiger partial charge in [0.1, 0.15) is 6.04 Å². The number of allylic oxidation sites excluding steroid dienone is 1. The summed E-state index contributed by atoms with van der Waals surface area (Å²) >= 11 is 1.48. The van der Waals surface area contributed by atoms with Crippen molar-refractivity contribution in [1.29, 1.82) is 0 Å². The van der Waals surface area contributed by atoms with Gasteiger partial charge in [0.15, 0.2) is 5.78 Å². The normalized spacial score (nSPS) is 25.9. The largest absolute Gasteiger partial charge is 0.350 e. The van der Waals surface area contributed by atoms with Gasteiger partial charge in [0.2, 0.25) is 5.91 Å². The van der Waals surface area contributed by atoms with Gasteiger partial charge in [0, 0.05) is 30.6 Å². The summed E-state index contributed by atoms with van der Waals surface area (Å²) in [6.07, 6.45) is 5.70. The molecule has 1 aromatic carbocycles. The minimum Gasteiger partial charge on any atom is -0.350 e. The summed E-state index contributed by atoms with van der Waals surface area (Å²) in [5, 5.41) is 6.56. The maximum Gasteiger partial charge on any atom is 0.332 e. The number of Topliss-reactive ketones (excluding diaryl/α,β-unsaturated/α-hetero) is 1. The number of carbonyl (C=O) groups excluding carboxylic acids is 3. The van der Waals surface area contributed by atoms with E-state index in [1.165, 1.54) is 18.0 Å². The fraction of sp³-hybridized carbons (Fsp3) is 0.400. The highest BCUT2D eigenvalue weighted by Crippen LogP contribution is 2.32. The number of primary amides is 1. The number of benzene rings is 1. The van der Waals surface area contributed by atoms with Crippen molar-refractivity contribution in [2.75, 3.05) is 12.4 Å². The van der Waals surface area contributed by atoms with E-state index < -0.39 is 17.3 Å². The summed E-state index contributed by atoms with van der Waals surface area (Å²) in [6, 6.07) is 6.45. The van der Waals surface area contributed by atoms with E-state index in [0.29, 0.717) is 18.8 Å². The van der Waals surface area contributed by atoms with E-state index in [1.807, 2.05) is 30.3 Å². The minimum atomic E-state index is -0.748. The number of hydrogen-bond donors (Lipinski definition) is 3. The average Bonchev–Trinajstić information content (AvgIpc) is 3.44. The fourth-order valence-electron chi connectivity index (χ4n) is 4.08. The smallest absolute Gasteiger partial charge is 0.332 e. The quantitative estimate of drug-likeness (QED) is 0.489. The third-order valence-electron chi connectivity index (χ3n) is 5.48. The highest BCUT2D eigenvalue weighted by atomic mass is 32.2. The van der Waals surface area contributed by atoms with Crippen LogP contribution >= 0.6 is 11.8 Å². The zero-order valence-corrected chi connectivity index (χ0v) is 16.7. The lowest BCUT2D eigenvalue weighted by molar-refractivity contribution is -0.134. The Morgan fingerprint density at radius 2 is 2.14 bits per heavy atom. The van der Waals surface area contributed by atoms with Crippen LogP contribution in [0.3, 0.4) is 0 Å². The number of amides is 3. The molecular formula is C20H23N5O3S. The molecule has 0 bridgehead atoms. The van der Waals surface area contributed by atoms with Crippen LogP contribution in [0, 0.1) is 0 Å². The van der Waals surface area contributed by atoms with Crippen LogP contribution in [-0.4, -0.2) is 58.6 Å². The van der Waals surface area contributed by atoms with Gasteiger partial charge in [-0.3, -0.25) is 14.9 Å². The molecule has 1 unspecified atom stereocenters. The molecule has 1 aliphatic carbocycles. The van der Waals surface area contributed by atoms with Crippen LogP contribution < -0.4 is 16.5 Å². The zero-order chi connectivity index (χ0) is 20.4. The molecular weight excluding hydrogens is 390 g/mol. The van der Waals surface area contributed by atoms with Crippen LogP contribution in [0.25, 0.3) is 6.08 Å². The van der Waals surface area contributed by atoms with Crippen LogP contribution in [0.1, 0.15) is 24.0 Å². The van der Waals surface area contributed by atoms with Crippen LogP contribution in [-0.2, 0) is 16.0 Å². The molecule has 2 saturated heterocycles. The monoisotopic (exact) mass is 413 g/mol. The SMILES string of the molecule is NC(=O)NN=C[C@@H]1CCCN1C(=O)[C@H]1NCSC1C(=O)C1=Cc2ccccc2C1. The van der Waals surface area contributed by atoms with Crippen molar-refractivity contribution in [1.82, 2.24) is 15.6 Å². The molecule has 2 fully saturated rings. The van der Waals surface area contributed by atoms with Crippen LogP contribution in [0.5, 0.6) is 0 Å². The van der Waals surface area contributed by atoms with Crippen molar-refractivity contribution >= 4 is 41.8 Å². The summed E-state index contributed by atoms with van der Waals surface area (Å²) in [7, 11) is 0. The minimum absolute atomic E-state index is 0.0226. The molecule has 0 aromatic heterocycles. The fourth-order valence-corrected chi connectivity index (χ4v) is 5.25. The first-order valence-corrected chi connectivity index (χ1v) is 10.7. The number of nitrogens with two attached hydrogens (primary N) is 1. The summed E-state index contributed by atoms with van der Waals surface area (Å²) in [6.45, 7) is 0.601. The predicted molar refractivity (Wildman–Crippen MR) is 112 cm³/mol. The van der Waals surface area contributed by atoms with E-state index in [9.17, 15) is 14.4 Å². The summed E-state index contributed by atoms with van der Waals surface area (Å²) in [5.41, 5.74) is 10.2. The van der Waals surface area contributed by atoms with Crippen LogP contribution in [0.4, 0.5) is 4.79 Å². The first-order chi connectivity index (χ1) is 14.0. The second kappa shape index (κ2) is 8.38. The number of carbonyl (C=O) groups is 3. The number of nitrogens with zero attached hydrogens (tertiary/aromatic N) is 2. The zero-order valence-electron chi connectivity index (χ0n) is 15.8. The molecule has 4 N–H and O–H groups in total. The van der Waals surface area contributed by atoms with Crippen LogP contribution in [0.15, 0.2) is 34.9 Å². The molecule has 29 heavy (non-hydrogen) atoms. The molecule has 0 spiro atoms. The maximum atomic E-state index is 13.2. The van der Waals surface area contributed by atoms with Gasteiger partial charge >= 0.3 is 6.03 Å². The van der Waals surface area contributed by atoms with Gasteiger partial charge in [-0.1, -0.05) is 24.3 Å². The molecule has 0 radical (unpaired) electrons. The number of likely N-dealkylation sites (tertiary alicyclic amines) is 1. The number of hydrazone groups is 1. The van der Waals surface area contributed by atoms with Gasteiger partial charge in [-0.25, -0.2) is 10.2 Å². The molecule has 3 amide bonds. The maximum absolute atomic E-state index is 13.2. The van der Waals surface area contributed by atoms with Crippen molar-refractivity contribution < 1.29 is 14.4 Å². The number of fused-ring (bicyclic) bond motifs is 1. The predicted octanol–water partition coefficient (Wildman–Crippen LogP) is 0.871. The van der Waals surface area contributed by atoms with E-state index in [-0.39, 0.29) is 17.7 Å². The topological polar surface area (TPSA) is 117 Å². The van der Waals surface area contributed by atoms with E-state index in [1.54, 1.807) is 4.90 Å². The molecule has 3 atom stereocenters. The molecule has 1 aromatic rings. The Labute approximate surface area is 173 Å². The Kier molecular flexibility index (Phi) is 5.68. The highest BCUT2D eigenvalue weighted by Gasteiger charge is 2.43. The summed E-state index contributed by atoms with van der Waals surface area (Å²) in [5.74, 6) is 0.481. The van der Waals surface area contributed by atoms with Gasteiger partial charge < -0.3 is 10.6 Å². The Morgan fingerprint density at radius 3 is 2.93 bits per heavy atom. The Bertz CT molecular complexity index is 900. The number of urea groups is 1. The van der Waals surface area contributed by atoms with E-state index in [2.05, 4.69) is 15.8 Å². The van der Waals surface area contributed by atoms with Crippen molar-refractivity contribution in [3.8, 4) is 0 Å². The van der Waals surface area contributed by atoms with Crippen molar-refractivity contribution in [3.05, 3.63) is 41.0 Å². The van der Waals surface area contributed by atoms with E-state index in [0.717, 1.165) is 29.5 Å². The van der Waals surface area contributed by atoms with Gasteiger partial charge in [0.05, 0.1) is 11.3 Å². The van der Waals surface area contributed by atoms with E-state index >= 15 is 0 Å². The second-order valence-corrected chi connectivity index (χ2v) is 8.45. The van der Waals surface area contributed by atoms with E-state index in [4.69, 9.17) is 5.73 Å². The van der Waals surface area contributed by atoms with Crippen LogP contribution in [0.2, 0.25) is 0 Å². The van der Waals surface area contributed by atoms with Gasteiger partial charge in [-0.05, 0) is 30.0 Å². The Balaban J connectivity index is 1.45. The molecule has 8 nitrogen and oxygen atoms in total. The van der Waals surface area contributed by atoms with Crippen molar-refractivity contribution in [2.45, 2.75) is 36.6 Å². The third kappa shape index (κ3) is 4.06. The lowest BCUT2D eigenvalue weighted by atomic mass is 10.0. The lowest BCUT2D eigenvalue weighted by Crippen LogP contribution is -2.51. The van der Waals surface area contributed by atoms with Crippen molar-refractivity contribution in [3.63, 3.8) is 0 Å². The third-order valence-corrected chi connectivity index (χ3v) is 6.66. The number of ketones is 1. The number of hydrogen-bond acceptors (Lipinski definition) is 6. The second-order valence-electron chi connectivity index (χ2n) is 7.32. The number of nitrogens with one attached hydrogen (secondary N) is 2. The van der Waals surface area contributed by atoms with Gasteiger partial charge in [0.25, 0.3) is 0 Å². The highest BCUT2D eigenvalue weighted by molar-refractivity contribution is 8.01. The number of rotatable bonds is 5. The summed E-state index contributed by atoms with van der Waals surface area (Å²) < 4.78 is 0. The Morgan fingerprint density at radius 1 is 1.31 bits per heavy atom. The lowest BCUT2D eigenvalue weighted by Gasteiger charge is -2.27. The molecule has 152 valence electrons. The molecule has 4 rings (SSSR count). The molecule has 2 aliphatic heterocycles.